The Balaban J connectivity index is 1.66. The Bertz CT molecular complexity index is 267. The van der Waals surface area contributed by atoms with E-state index < -0.39 is 6.09 Å². The van der Waals surface area contributed by atoms with Crippen LogP contribution >= 0.6 is 0 Å². The van der Waals surface area contributed by atoms with Gasteiger partial charge < -0.3 is 19.5 Å². The first-order chi connectivity index (χ1) is 7.69. The fourth-order valence-corrected chi connectivity index (χ4v) is 2.28. The third-order valence-corrected chi connectivity index (χ3v) is 3.42. The first-order valence-corrected chi connectivity index (χ1v) is 5.77. The number of ether oxygens (including phenoxy) is 1. The summed E-state index contributed by atoms with van der Waals surface area (Å²) >= 11 is 0. The molecular formula is C11H17NO4. The number of aldehydes is 1. The molecule has 90 valence electrons. The van der Waals surface area contributed by atoms with E-state index in [4.69, 9.17) is 9.84 Å². The fourth-order valence-electron chi connectivity index (χ4n) is 2.28. The van der Waals surface area contributed by atoms with Gasteiger partial charge in [0.15, 0.2) is 0 Å². The van der Waals surface area contributed by atoms with Crippen molar-refractivity contribution < 1.29 is 19.4 Å². The van der Waals surface area contributed by atoms with Gasteiger partial charge in [0.2, 0.25) is 0 Å². The molecule has 16 heavy (non-hydrogen) atoms. The second-order valence-corrected chi connectivity index (χ2v) is 4.59. The zero-order valence-corrected chi connectivity index (χ0v) is 9.17. The van der Waals surface area contributed by atoms with Crippen LogP contribution in [0.15, 0.2) is 0 Å². The molecule has 1 amide bonds. The van der Waals surface area contributed by atoms with Crippen LogP contribution in [0.25, 0.3) is 0 Å². The Morgan fingerprint density at radius 1 is 1.25 bits per heavy atom. The van der Waals surface area contributed by atoms with E-state index in [1.165, 1.54) is 4.90 Å². The van der Waals surface area contributed by atoms with Crippen LogP contribution in [0.5, 0.6) is 0 Å². The maximum absolute atomic E-state index is 10.7. The van der Waals surface area contributed by atoms with Gasteiger partial charge in [0.05, 0.1) is 12.2 Å². The Kier molecular flexibility index (Phi) is 3.43. The third kappa shape index (κ3) is 2.52. The van der Waals surface area contributed by atoms with Gasteiger partial charge in [-0.15, -0.1) is 0 Å². The topological polar surface area (TPSA) is 66.8 Å². The van der Waals surface area contributed by atoms with Gasteiger partial charge in [-0.3, -0.25) is 0 Å². The number of amides is 1. The first-order valence-electron chi connectivity index (χ1n) is 5.77. The van der Waals surface area contributed by atoms with Crippen molar-refractivity contribution >= 4 is 12.4 Å². The van der Waals surface area contributed by atoms with E-state index >= 15 is 0 Å². The van der Waals surface area contributed by atoms with Crippen molar-refractivity contribution in [2.75, 3.05) is 13.1 Å². The number of nitrogens with zero attached hydrogens (tertiary/aromatic N) is 1. The Morgan fingerprint density at radius 2 is 1.88 bits per heavy atom. The standard InChI is InChI=1S/C11H17NO4/c13-7-8-5-10(6-8)16-9-1-3-12(4-2-9)11(14)15/h7-10H,1-6H2,(H,14,15). The van der Waals surface area contributed by atoms with Crippen molar-refractivity contribution in [3.63, 3.8) is 0 Å². The maximum atomic E-state index is 10.7. The molecule has 0 aromatic heterocycles. The summed E-state index contributed by atoms with van der Waals surface area (Å²) in [4.78, 5) is 22.5. The maximum Gasteiger partial charge on any atom is 0.407 e. The van der Waals surface area contributed by atoms with Crippen molar-refractivity contribution in [2.24, 2.45) is 5.92 Å². The van der Waals surface area contributed by atoms with Gasteiger partial charge in [0.25, 0.3) is 0 Å². The number of piperidine rings is 1. The predicted octanol–water partition coefficient (Wildman–Crippen LogP) is 1.12. The first kappa shape index (κ1) is 11.4. The highest BCUT2D eigenvalue weighted by Crippen LogP contribution is 2.30. The third-order valence-electron chi connectivity index (χ3n) is 3.42. The van der Waals surface area contributed by atoms with Gasteiger partial charge in [0, 0.05) is 19.0 Å². The van der Waals surface area contributed by atoms with Crippen LogP contribution < -0.4 is 0 Å². The van der Waals surface area contributed by atoms with Crippen molar-refractivity contribution in [2.45, 2.75) is 37.9 Å². The molecular weight excluding hydrogens is 210 g/mol. The Morgan fingerprint density at radius 3 is 2.38 bits per heavy atom. The van der Waals surface area contributed by atoms with Crippen LogP contribution in [-0.4, -0.2) is 47.7 Å². The second-order valence-electron chi connectivity index (χ2n) is 4.59. The Labute approximate surface area is 94.4 Å². The van der Waals surface area contributed by atoms with E-state index in [1.807, 2.05) is 0 Å². The lowest BCUT2D eigenvalue weighted by Gasteiger charge is -2.37. The SMILES string of the molecule is O=CC1CC(OC2CCN(C(=O)O)CC2)C1. The molecule has 1 aliphatic carbocycles. The second kappa shape index (κ2) is 4.82. The van der Waals surface area contributed by atoms with Gasteiger partial charge in [-0.2, -0.15) is 0 Å². The minimum Gasteiger partial charge on any atom is -0.465 e. The highest BCUT2D eigenvalue weighted by atomic mass is 16.5. The molecule has 5 nitrogen and oxygen atoms in total. The number of hydrogen-bond acceptors (Lipinski definition) is 3. The van der Waals surface area contributed by atoms with Crippen LogP contribution in [0.2, 0.25) is 0 Å². The average Bonchev–Trinajstić information content (AvgIpc) is 2.23. The van der Waals surface area contributed by atoms with Crippen LogP contribution in [0.3, 0.4) is 0 Å². The molecule has 2 rings (SSSR count). The molecule has 0 bridgehead atoms. The zero-order valence-electron chi connectivity index (χ0n) is 9.17. The molecule has 1 heterocycles. The molecule has 1 saturated carbocycles. The monoisotopic (exact) mass is 227 g/mol. The molecule has 5 heteroatoms. The van der Waals surface area contributed by atoms with Crippen LogP contribution in [0.4, 0.5) is 4.79 Å². The highest BCUT2D eigenvalue weighted by Gasteiger charge is 2.33. The van der Waals surface area contributed by atoms with Crippen molar-refractivity contribution in [3.8, 4) is 0 Å². The summed E-state index contributed by atoms with van der Waals surface area (Å²) in [6.45, 7) is 1.12. The van der Waals surface area contributed by atoms with E-state index in [9.17, 15) is 9.59 Å². The van der Waals surface area contributed by atoms with E-state index in [0.29, 0.717) is 13.1 Å². The molecule has 2 aliphatic rings. The number of carbonyl (C=O) groups is 2. The largest absolute Gasteiger partial charge is 0.465 e. The lowest BCUT2D eigenvalue weighted by molar-refractivity contribution is -0.126. The van der Waals surface area contributed by atoms with Crippen molar-refractivity contribution in [1.82, 2.24) is 4.90 Å². The van der Waals surface area contributed by atoms with E-state index in [2.05, 4.69) is 0 Å². The van der Waals surface area contributed by atoms with Gasteiger partial charge in [-0.1, -0.05) is 0 Å². The summed E-state index contributed by atoms with van der Waals surface area (Å²) in [7, 11) is 0. The quantitative estimate of drug-likeness (QED) is 0.734. The number of carboxylic acid groups (broad SMARTS) is 1. The molecule has 0 spiro atoms. The number of likely N-dealkylation sites (tertiary alicyclic amines) is 1. The lowest BCUT2D eigenvalue weighted by atomic mass is 9.83. The van der Waals surface area contributed by atoms with Crippen molar-refractivity contribution in [1.29, 1.82) is 0 Å². The number of rotatable bonds is 3. The van der Waals surface area contributed by atoms with Gasteiger partial charge in [-0.05, 0) is 25.7 Å². The lowest BCUT2D eigenvalue weighted by Crippen LogP contribution is -2.43. The predicted molar refractivity (Wildman–Crippen MR) is 56.3 cm³/mol. The highest BCUT2D eigenvalue weighted by molar-refractivity contribution is 5.65. The molecule has 0 aromatic carbocycles. The summed E-state index contributed by atoms with van der Waals surface area (Å²) in [5.74, 6) is 0.184. The normalized spacial score (nSPS) is 30.9. The fraction of sp³-hybridized carbons (Fsp3) is 0.818. The van der Waals surface area contributed by atoms with Gasteiger partial charge >= 0.3 is 6.09 Å². The van der Waals surface area contributed by atoms with E-state index in [0.717, 1.165) is 32.0 Å². The Hall–Kier alpha value is -1.10. The summed E-state index contributed by atoms with van der Waals surface area (Å²) in [5, 5.41) is 8.78. The average molecular weight is 227 g/mol. The number of carbonyl (C=O) groups excluding carboxylic acids is 1. The summed E-state index contributed by atoms with van der Waals surface area (Å²) < 4.78 is 5.81. The van der Waals surface area contributed by atoms with E-state index in [1.54, 1.807) is 0 Å². The summed E-state index contributed by atoms with van der Waals surface area (Å²) in [5.41, 5.74) is 0. The molecule has 0 atom stereocenters. The molecule has 1 N–H and O–H groups in total. The van der Waals surface area contributed by atoms with Gasteiger partial charge in [0.1, 0.15) is 6.29 Å². The van der Waals surface area contributed by atoms with Crippen molar-refractivity contribution in [3.05, 3.63) is 0 Å². The molecule has 0 aromatic rings. The molecule has 2 fully saturated rings. The minimum absolute atomic E-state index is 0.174. The molecule has 1 saturated heterocycles. The molecule has 0 radical (unpaired) electrons. The molecule has 0 unspecified atom stereocenters. The summed E-state index contributed by atoms with van der Waals surface area (Å²) in [6.07, 6.45) is 3.76. The smallest absolute Gasteiger partial charge is 0.407 e. The zero-order chi connectivity index (χ0) is 11.5. The van der Waals surface area contributed by atoms with Gasteiger partial charge in [-0.25, -0.2) is 4.79 Å². The molecule has 1 aliphatic heterocycles. The number of hydrogen-bond donors (Lipinski definition) is 1. The van der Waals surface area contributed by atoms with Crippen LogP contribution in [0, 0.1) is 5.92 Å². The van der Waals surface area contributed by atoms with E-state index in [-0.39, 0.29) is 18.1 Å². The minimum atomic E-state index is -0.844. The van der Waals surface area contributed by atoms with Crippen LogP contribution in [-0.2, 0) is 9.53 Å². The van der Waals surface area contributed by atoms with Crippen LogP contribution in [0.1, 0.15) is 25.7 Å². The summed E-state index contributed by atoms with van der Waals surface area (Å²) in [6, 6.07) is 0.